The van der Waals surface area contributed by atoms with E-state index in [0.717, 1.165) is 22.2 Å². The molecule has 1 N–H and O–H groups in total. The molecule has 3 aromatic rings. The van der Waals surface area contributed by atoms with Crippen LogP contribution < -0.4 is 5.32 Å². The molecule has 0 aliphatic heterocycles. The third kappa shape index (κ3) is 3.12. The second-order valence-corrected chi connectivity index (χ2v) is 6.12. The fourth-order valence-corrected chi connectivity index (χ4v) is 3.06. The standard InChI is InChI=1S/C16H17N3O2S/c1-11-3-4-12(21-11)13-5-6-14(22-13)16(20)18-8-7-15-17-9-10-19(15)2/h3-6,9-10H,7-8H2,1-2H3,(H,18,20). The zero-order valence-electron chi connectivity index (χ0n) is 12.5. The molecule has 0 aromatic carbocycles. The second-order valence-electron chi connectivity index (χ2n) is 5.03. The van der Waals surface area contributed by atoms with Gasteiger partial charge in [-0.15, -0.1) is 11.3 Å². The number of hydrogen-bond donors (Lipinski definition) is 1. The molecule has 5 nitrogen and oxygen atoms in total. The van der Waals surface area contributed by atoms with Crippen molar-refractivity contribution in [1.82, 2.24) is 14.9 Å². The van der Waals surface area contributed by atoms with Crippen molar-refractivity contribution in [2.75, 3.05) is 6.54 Å². The van der Waals surface area contributed by atoms with Crippen LogP contribution in [0.3, 0.4) is 0 Å². The van der Waals surface area contributed by atoms with Gasteiger partial charge in [-0.2, -0.15) is 0 Å². The fourth-order valence-electron chi connectivity index (χ4n) is 2.17. The Morgan fingerprint density at radius 1 is 1.36 bits per heavy atom. The van der Waals surface area contributed by atoms with Crippen LogP contribution in [0.15, 0.2) is 41.1 Å². The minimum Gasteiger partial charge on any atom is -0.461 e. The van der Waals surface area contributed by atoms with Crippen molar-refractivity contribution in [3.63, 3.8) is 0 Å². The zero-order valence-corrected chi connectivity index (χ0v) is 13.3. The van der Waals surface area contributed by atoms with E-state index in [1.807, 2.05) is 49.0 Å². The number of aromatic nitrogens is 2. The summed E-state index contributed by atoms with van der Waals surface area (Å²) in [6.45, 7) is 2.47. The first-order valence-corrected chi connectivity index (χ1v) is 7.86. The van der Waals surface area contributed by atoms with Crippen molar-refractivity contribution in [3.8, 4) is 10.6 Å². The van der Waals surface area contributed by atoms with Crippen molar-refractivity contribution in [3.05, 3.63) is 53.1 Å². The van der Waals surface area contributed by atoms with E-state index in [9.17, 15) is 4.79 Å². The third-order valence-corrected chi connectivity index (χ3v) is 4.47. The minimum atomic E-state index is -0.0614. The molecule has 0 fully saturated rings. The quantitative estimate of drug-likeness (QED) is 0.787. The van der Waals surface area contributed by atoms with Crippen molar-refractivity contribution in [2.45, 2.75) is 13.3 Å². The first-order valence-electron chi connectivity index (χ1n) is 7.04. The number of imidazole rings is 1. The van der Waals surface area contributed by atoms with Crippen molar-refractivity contribution < 1.29 is 9.21 Å². The molecular formula is C16H17N3O2S. The molecule has 0 atom stereocenters. The van der Waals surface area contributed by atoms with Gasteiger partial charge in [0, 0.05) is 32.4 Å². The Morgan fingerprint density at radius 2 is 2.23 bits per heavy atom. The lowest BCUT2D eigenvalue weighted by molar-refractivity contribution is 0.0958. The number of carbonyl (C=O) groups is 1. The number of amides is 1. The van der Waals surface area contributed by atoms with Crippen LogP contribution in [0.1, 0.15) is 21.3 Å². The summed E-state index contributed by atoms with van der Waals surface area (Å²) in [7, 11) is 1.95. The van der Waals surface area contributed by atoms with E-state index in [1.54, 1.807) is 6.20 Å². The Balaban J connectivity index is 1.59. The summed E-state index contributed by atoms with van der Waals surface area (Å²) in [5, 5.41) is 2.92. The highest BCUT2D eigenvalue weighted by molar-refractivity contribution is 7.17. The second kappa shape index (κ2) is 6.19. The van der Waals surface area contributed by atoms with Crippen molar-refractivity contribution >= 4 is 17.2 Å². The minimum absolute atomic E-state index is 0.0614. The van der Waals surface area contributed by atoms with Crippen molar-refractivity contribution in [2.24, 2.45) is 7.05 Å². The first kappa shape index (κ1) is 14.6. The summed E-state index contributed by atoms with van der Waals surface area (Å²) in [6.07, 6.45) is 4.37. The monoisotopic (exact) mass is 315 g/mol. The predicted molar refractivity (Wildman–Crippen MR) is 86.0 cm³/mol. The van der Waals surface area contributed by atoms with E-state index in [2.05, 4.69) is 10.3 Å². The third-order valence-electron chi connectivity index (χ3n) is 3.37. The van der Waals surface area contributed by atoms with Gasteiger partial charge < -0.3 is 14.3 Å². The molecule has 6 heteroatoms. The highest BCUT2D eigenvalue weighted by Gasteiger charge is 2.12. The number of nitrogens with zero attached hydrogens (tertiary/aromatic N) is 2. The summed E-state index contributed by atoms with van der Waals surface area (Å²) in [5.74, 6) is 2.56. The highest BCUT2D eigenvalue weighted by Crippen LogP contribution is 2.29. The number of aryl methyl sites for hydroxylation is 2. The van der Waals surface area contributed by atoms with Gasteiger partial charge in [-0.3, -0.25) is 4.79 Å². The molecule has 3 aromatic heterocycles. The summed E-state index contributed by atoms with van der Waals surface area (Å²) in [5.41, 5.74) is 0. The van der Waals surface area contributed by atoms with Gasteiger partial charge in [-0.05, 0) is 31.2 Å². The average Bonchev–Trinajstić information content (AvgIpc) is 3.20. The van der Waals surface area contributed by atoms with Crippen LogP contribution in [0.25, 0.3) is 10.6 Å². The molecule has 0 aliphatic rings. The van der Waals surface area contributed by atoms with E-state index in [1.165, 1.54) is 11.3 Å². The zero-order chi connectivity index (χ0) is 15.5. The Kier molecular flexibility index (Phi) is 4.11. The van der Waals surface area contributed by atoms with Crippen molar-refractivity contribution in [1.29, 1.82) is 0 Å². The van der Waals surface area contributed by atoms with E-state index in [4.69, 9.17) is 4.42 Å². The van der Waals surface area contributed by atoms with Crippen LogP contribution >= 0.6 is 11.3 Å². The van der Waals surface area contributed by atoms with Gasteiger partial charge >= 0.3 is 0 Å². The maximum atomic E-state index is 12.1. The molecule has 114 valence electrons. The maximum Gasteiger partial charge on any atom is 0.261 e. The molecule has 0 saturated heterocycles. The molecular weight excluding hydrogens is 298 g/mol. The fraction of sp³-hybridized carbons (Fsp3) is 0.250. The molecule has 0 aliphatic carbocycles. The summed E-state index contributed by atoms with van der Waals surface area (Å²) < 4.78 is 7.53. The van der Waals surface area contributed by atoms with Crippen LogP contribution in [0.4, 0.5) is 0 Å². The van der Waals surface area contributed by atoms with Gasteiger partial charge in [0.2, 0.25) is 0 Å². The number of thiophene rings is 1. The summed E-state index contributed by atoms with van der Waals surface area (Å²) in [4.78, 5) is 18.0. The molecule has 0 spiro atoms. The van der Waals surface area contributed by atoms with E-state index >= 15 is 0 Å². The number of nitrogens with one attached hydrogen (secondary N) is 1. The topological polar surface area (TPSA) is 60.1 Å². The lowest BCUT2D eigenvalue weighted by Crippen LogP contribution is -2.25. The molecule has 0 bridgehead atoms. The van der Waals surface area contributed by atoms with Crippen LogP contribution in [-0.4, -0.2) is 22.0 Å². The SMILES string of the molecule is Cc1ccc(-c2ccc(C(=O)NCCc3nccn3C)s2)o1. The molecule has 3 heterocycles. The van der Waals surface area contributed by atoms with Crippen LogP contribution in [0.2, 0.25) is 0 Å². The Bertz CT molecular complexity index is 785. The maximum absolute atomic E-state index is 12.1. The van der Waals surface area contributed by atoms with E-state index in [-0.39, 0.29) is 5.91 Å². The summed E-state index contributed by atoms with van der Waals surface area (Å²) >= 11 is 1.43. The number of furan rings is 1. The highest BCUT2D eigenvalue weighted by atomic mass is 32.1. The number of hydrogen-bond acceptors (Lipinski definition) is 4. The molecule has 1 amide bonds. The van der Waals surface area contributed by atoms with Gasteiger partial charge in [0.15, 0.2) is 0 Å². The average molecular weight is 315 g/mol. The Labute approximate surface area is 132 Å². The molecule has 0 saturated carbocycles. The van der Waals surface area contributed by atoms with E-state index < -0.39 is 0 Å². The number of rotatable bonds is 5. The van der Waals surface area contributed by atoms with Gasteiger partial charge in [0.1, 0.15) is 17.3 Å². The van der Waals surface area contributed by atoms with E-state index in [0.29, 0.717) is 17.8 Å². The largest absolute Gasteiger partial charge is 0.461 e. The number of carbonyl (C=O) groups excluding carboxylic acids is 1. The Morgan fingerprint density at radius 3 is 2.91 bits per heavy atom. The first-order chi connectivity index (χ1) is 10.6. The predicted octanol–water partition coefficient (Wildman–Crippen LogP) is 3.02. The smallest absolute Gasteiger partial charge is 0.261 e. The lowest BCUT2D eigenvalue weighted by atomic mass is 10.3. The van der Waals surface area contributed by atoms with Crippen LogP contribution in [0, 0.1) is 6.92 Å². The lowest BCUT2D eigenvalue weighted by Gasteiger charge is -2.03. The van der Waals surface area contributed by atoms with Crippen LogP contribution in [0.5, 0.6) is 0 Å². The normalized spacial score (nSPS) is 10.8. The van der Waals surface area contributed by atoms with Crippen LogP contribution in [-0.2, 0) is 13.5 Å². The van der Waals surface area contributed by atoms with Gasteiger partial charge in [0.05, 0.1) is 9.75 Å². The molecule has 0 radical (unpaired) electrons. The molecule has 0 unspecified atom stereocenters. The van der Waals surface area contributed by atoms with Gasteiger partial charge in [-0.25, -0.2) is 4.98 Å². The van der Waals surface area contributed by atoms with Gasteiger partial charge in [0.25, 0.3) is 5.91 Å². The molecule has 3 rings (SSSR count). The van der Waals surface area contributed by atoms with Gasteiger partial charge in [-0.1, -0.05) is 0 Å². The Hall–Kier alpha value is -2.34. The molecule has 22 heavy (non-hydrogen) atoms. The summed E-state index contributed by atoms with van der Waals surface area (Å²) in [6, 6.07) is 7.58.